The first-order valence-corrected chi connectivity index (χ1v) is 10.6. The molecule has 1 aliphatic carbocycles. The molecular weight excluding hydrogens is 406 g/mol. The minimum Gasteiger partial charge on any atom is -0.464 e. The van der Waals surface area contributed by atoms with Crippen LogP contribution >= 0.6 is 11.3 Å². The van der Waals surface area contributed by atoms with E-state index in [0.29, 0.717) is 17.1 Å². The van der Waals surface area contributed by atoms with Gasteiger partial charge in [0.05, 0.1) is 18.6 Å². The van der Waals surface area contributed by atoms with Crippen LogP contribution in [0.15, 0.2) is 35.7 Å². The van der Waals surface area contributed by atoms with Crippen LogP contribution in [-0.4, -0.2) is 39.8 Å². The van der Waals surface area contributed by atoms with Crippen molar-refractivity contribution < 1.29 is 19.2 Å². The molecule has 0 aliphatic heterocycles. The first-order chi connectivity index (χ1) is 14.5. The highest BCUT2D eigenvalue weighted by Gasteiger charge is 2.25. The fraction of sp³-hybridized carbons (Fsp3) is 0.381. The Labute approximate surface area is 178 Å². The van der Waals surface area contributed by atoms with E-state index in [4.69, 9.17) is 4.74 Å². The summed E-state index contributed by atoms with van der Waals surface area (Å²) in [6, 6.07) is 6.16. The molecule has 1 aromatic heterocycles. The van der Waals surface area contributed by atoms with Gasteiger partial charge in [0, 0.05) is 29.6 Å². The maximum absolute atomic E-state index is 13.0. The Morgan fingerprint density at radius 2 is 1.97 bits per heavy atom. The normalized spacial score (nSPS) is 14.6. The number of amides is 1. The van der Waals surface area contributed by atoms with E-state index in [1.165, 1.54) is 43.1 Å². The third kappa shape index (κ3) is 5.50. The van der Waals surface area contributed by atoms with E-state index in [0.717, 1.165) is 25.7 Å². The van der Waals surface area contributed by atoms with Gasteiger partial charge in [0.1, 0.15) is 5.01 Å². The zero-order valence-electron chi connectivity index (χ0n) is 16.7. The topological polar surface area (TPSA) is 103 Å². The van der Waals surface area contributed by atoms with Crippen molar-refractivity contribution in [2.24, 2.45) is 0 Å². The van der Waals surface area contributed by atoms with Crippen molar-refractivity contribution in [3.63, 3.8) is 0 Å². The van der Waals surface area contributed by atoms with Crippen LogP contribution in [0.3, 0.4) is 0 Å². The Morgan fingerprint density at radius 3 is 2.60 bits per heavy atom. The number of methoxy groups -OCH3 is 1. The Bertz CT molecular complexity index is 932. The number of thiazole rings is 1. The number of non-ortho nitro benzene ring substituents is 1. The van der Waals surface area contributed by atoms with Gasteiger partial charge in [-0.3, -0.25) is 14.9 Å². The number of carbonyl (C=O) groups is 2. The summed E-state index contributed by atoms with van der Waals surface area (Å²) in [7, 11) is 1.31. The van der Waals surface area contributed by atoms with E-state index in [2.05, 4.69) is 4.98 Å². The molecule has 0 spiro atoms. The minimum absolute atomic E-state index is 0.00693. The van der Waals surface area contributed by atoms with Crippen molar-refractivity contribution in [1.82, 2.24) is 9.88 Å². The number of hydrogen-bond donors (Lipinski definition) is 0. The summed E-state index contributed by atoms with van der Waals surface area (Å²) in [5.74, 6) is -0.638. The summed E-state index contributed by atoms with van der Waals surface area (Å²) in [5, 5.41) is 13.1. The molecule has 1 fully saturated rings. The molecule has 2 aromatic rings. The van der Waals surface area contributed by atoms with Gasteiger partial charge in [-0.2, -0.15) is 0 Å². The standard InChI is InChI=1S/C21H23N3O5S/c1-29-21(26)18-14-30-19(22-18)13-23(16-5-3-2-4-6-16)20(25)12-9-15-7-10-17(11-8-15)24(27)28/h7-12,14,16H,2-6,13H2,1H3/b12-9+. The van der Waals surface area contributed by atoms with Gasteiger partial charge in [-0.25, -0.2) is 9.78 Å². The summed E-state index contributed by atoms with van der Waals surface area (Å²) >= 11 is 1.33. The first-order valence-electron chi connectivity index (χ1n) is 9.74. The maximum atomic E-state index is 13.0. The number of ether oxygens (including phenoxy) is 1. The molecule has 0 atom stereocenters. The van der Waals surface area contributed by atoms with Crippen LogP contribution in [0.1, 0.15) is 53.2 Å². The maximum Gasteiger partial charge on any atom is 0.357 e. The molecule has 1 aliphatic rings. The lowest BCUT2D eigenvalue weighted by atomic mass is 9.94. The van der Waals surface area contributed by atoms with Crippen molar-refractivity contribution in [2.45, 2.75) is 44.7 Å². The lowest BCUT2D eigenvalue weighted by Gasteiger charge is -2.33. The lowest BCUT2D eigenvalue weighted by Crippen LogP contribution is -2.40. The summed E-state index contributed by atoms with van der Waals surface area (Å²) in [6.07, 6.45) is 8.34. The number of aromatic nitrogens is 1. The third-order valence-electron chi connectivity index (χ3n) is 5.07. The summed E-state index contributed by atoms with van der Waals surface area (Å²) in [4.78, 5) is 41.1. The highest BCUT2D eigenvalue weighted by Crippen LogP contribution is 2.25. The number of nitrogens with zero attached hydrogens (tertiary/aromatic N) is 3. The van der Waals surface area contributed by atoms with Crippen molar-refractivity contribution >= 4 is 35.0 Å². The SMILES string of the molecule is COC(=O)c1csc(CN(C(=O)/C=C/c2ccc([N+](=O)[O-])cc2)C2CCCCC2)n1. The van der Waals surface area contributed by atoms with E-state index in [1.807, 2.05) is 0 Å². The highest BCUT2D eigenvalue weighted by atomic mass is 32.1. The van der Waals surface area contributed by atoms with Crippen LogP contribution in [0.2, 0.25) is 0 Å². The molecule has 1 saturated carbocycles. The number of benzene rings is 1. The van der Waals surface area contributed by atoms with E-state index in [1.54, 1.807) is 28.5 Å². The molecule has 0 N–H and O–H groups in total. The molecule has 0 unspecified atom stereocenters. The van der Waals surface area contributed by atoms with Gasteiger partial charge < -0.3 is 9.64 Å². The number of nitro benzene ring substituents is 1. The molecule has 30 heavy (non-hydrogen) atoms. The molecule has 0 saturated heterocycles. The van der Waals surface area contributed by atoms with Gasteiger partial charge in [-0.05, 0) is 36.6 Å². The molecule has 1 heterocycles. The van der Waals surface area contributed by atoms with E-state index in [9.17, 15) is 19.7 Å². The number of hydrogen-bond acceptors (Lipinski definition) is 7. The van der Waals surface area contributed by atoms with E-state index < -0.39 is 10.9 Å². The molecule has 3 rings (SSSR count). The predicted octanol–water partition coefficient (Wildman–Crippen LogP) is 4.21. The molecule has 158 valence electrons. The highest BCUT2D eigenvalue weighted by molar-refractivity contribution is 7.09. The number of carbonyl (C=O) groups excluding carboxylic acids is 2. The summed E-state index contributed by atoms with van der Waals surface area (Å²) in [5.41, 5.74) is 0.960. The second-order valence-electron chi connectivity index (χ2n) is 7.06. The molecule has 1 aromatic carbocycles. The van der Waals surface area contributed by atoms with Crippen molar-refractivity contribution in [1.29, 1.82) is 0 Å². The van der Waals surface area contributed by atoms with Gasteiger partial charge in [0.25, 0.3) is 5.69 Å². The molecule has 0 bridgehead atoms. The second-order valence-corrected chi connectivity index (χ2v) is 8.00. The van der Waals surface area contributed by atoms with Gasteiger partial charge in [-0.15, -0.1) is 11.3 Å². The van der Waals surface area contributed by atoms with Gasteiger partial charge in [-0.1, -0.05) is 19.3 Å². The third-order valence-corrected chi connectivity index (χ3v) is 5.91. The fourth-order valence-electron chi connectivity index (χ4n) is 3.48. The monoisotopic (exact) mass is 429 g/mol. The quantitative estimate of drug-likeness (QED) is 0.283. The summed E-state index contributed by atoms with van der Waals surface area (Å²) < 4.78 is 4.70. The largest absolute Gasteiger partial charge is 0.464 e. The zero-order valence-corrected chi connectivity index (χ0v) is 17.5. The lowest BCUT2D eigenvalue weighted by molar-refractivity contribution is -0.384. The Hall–Kier alpha value is -3.07. The Morgan fingerprint density at radius 1 is 1.27 bits per heavy atom. The molecular formula is C21H23N3O5S. The molecule has 1 amide bonds. The van der Waals surface area contributed by atoms with Gasteiger partial charge in [0.2, 0.25) is 5.91 Å². The smallest absolute Gasteiger partial charge is 0.357 e. The average Bonchev–Trinajstić information content (AvgIpc) is 3.25. The van der Waals surface area contributed by atoms with Crippen LogP contribution in [0.4, 0.5) is 5.69 Å². The van der Waals surface area contributed by atoms with E-state index in [-0.39, 0.29) is 23.3 Å². The van der Waals surface area contributed by atoms with Gasteiger partial charge in [0.15, 0.2) is 5.69 Å². The first kappa shape index (κ1) is 21.6. The van der Waals surface area contributed by atoms with Gasteiger partial charge >= 0.3 is 5.97 Å². The zero-order chi connectivity index (χ0) is 21.5. The van der Waals surface area contributed by atoms with Crippen LogP contribution < -0.4 is 0 Å². The predicted molar refractivity (Wildman–Crippen MR) is 113 cm³/mol. The Kier molecular flexibility index (Phi) is 7.29. The summed E-state index contributed by atoms with van der Waals surface area (Å²) in [6.45, 7) is 0.329. The second kappa shape index (κ2) is 10.1. The van der Waals surface area contributed by atoms with E-state index >= 15 is 0 Å². The number of rotatable bonds is 7. The molecule has 0 radical (unpaired) electrons. The molecule has 8 nitrogen and oxygen atoms in total. The van der Waals surface area contributed by atoms with Crippen molar-refractivity contribution in [3.05, 3.63) is 62.1 Å². The Balaban J connectivity index is 1.75. The fourth-order valence-corrected chi connectivity index (χ4v) is 4.24. The molecule has 9 heteroatoms. The van der Waals surface area contributed by atoms with Crippen LogP contribution in [0, 0.1) is 10.1 Å². The average molecular weight is 429 g/mol. The van der Waals surface area contributed by atoms with Crippen LogP contribution in [0.5, 0.6) is 0 Å². The number of nitro groups is 1. The minimum atomic E-state index is -0.494. The van der Waals surface area contributed by atoms with Crippen LogP contribution in [0.25, 0.3) is 6.08 Å². The number of esters is 1. The van der Waals surface area contributed by atoms with Crippen molar-refractivity contribution in [3.8, 4) is 0 Å². The van der Waals surface area contributed by atoms with Crippen molar-refractivity contribution in [2.75, 3.05) is 7.11 Å². The van der Waals surface area contributed by atoms with Crippen LogP contribution in [-0.2, 0) is 16.1 Å².